The molecule has 2 N–H and O–H groups in total. The summed E-state index contributed by atoms with van der Waals surface area (Å²) in [6, 6.07) is 7.37. The number of benzene rings is 1. The smallest absolute Gasteiger partial charge is 0.262 e. The molecule has 0 saturated carbocycles. The van der Waals surface area contributed by atoms with E-state index in [1.54, 1.807) is 19.9 Å². The predicted octanol–water partition coefficient (Wildman–Crippen LogP) is 2.81. The molecule has 0 saturated heterocycles. The van der Waals surface area contributed by atoms with Crippen LogP contribution < -0.4 is 15.0 Å². The zero-order chi connectivity index (χ0) is 21.1. The molecule has 1 aliphatic rings. The first kappa shape index (κ1) is 20.6. The minimum absolute atomic E-state index is 0.0697. The molecule has 2 aromatic rings. The van der Waals surface area contributed by atoms with Crippen LogP contribution in [0, 0.1) is 13.8 Å². The SMILES string of the molecule is CCCNC(=O)[C@@H]1CN(CC(=O)c2[nH]c(C)c(C(C)=O)c2C)c2ccccc2O1. The first-order chi connectivity index (χ1) is 13.8. The highest BCUT2D eigenvalue weighted by Gasteiger charge is 2.32. The van der Waals surface area contributed by atoms with E-state index in [9.17, 15) is 14.4 Å². The van der Waals surface area contributed by atoms with Crippen molar-refractivity contribution in [2.45, 2.75) is 40.2 Å². The Morgan fingerprint density at radius 3 is 2.62 bits per heavy atom. The van der Waals surface area contributed by atoms with Crippen molar-refractivity contribution in [3.8, 4) is 5.75 Å². The Balaban J connectivity index is 1.85. The van der Waals surface area contributed by atoms with E-state index in [0.717, 1.165) is 12.1 Å². The summed E-state index contributed by atoms with van der Waals surface area (Å²) in [6.07, 6.45) is 0.143. The molecule has 0 unspecified atom stereocenters. The fraction of sp³-hybridized carbons (Fsp3) is 0.409. The van der Waals surface area contributed by atoms with Gasteiger partial charge in [0.15, 0.2) is 17.7 Å². The van der Waals surface area contributed by atoms with E-state index in [-0.39, 0.29) is 30.6 Å². The second-order valence-corrected chi connectivity index (χ2v) is 7.35. The molecular weight excluding hydrogens is 370 g/mol. The number of ketones is 2. The lowest BCUT2D eigenvalue weighted by Gasteiger charge is -2.35. The molecule has 3 rings (SSSR count). The largest absolute Gasteiger partial charge is 0.477 e. The van der Waals surface area contributed by atoms with Gasteiger partial charge in [-0.05, 0) is 44.9 Å². The predicted molar refractivity (Wildman–Crippen MR) is 111 cm³/mol. The Kier molecular flexibility index (Phi) is 6.06. The van der Waals surface area contributed by atoms with E-state index in [1.165, 1.54) is 6.92 Å². The maximum Gasteiger partial charge on any atom is 0.262 e. The zero-order valence-electron chi connectivity index (χ0n) is 17.3. The molecule has 7 heteroatoms. The third-order valence-corrected chi connectivity index (χ3v) is 5.11. The number of para-hydroxylation sites is 2. The molecule has 0 spiro atoms. The van der Waals surface area contributed by atoms with Crippen LogP contribution in [0.1, 0.15) is 52.4 Å². The molecule has 0 radical (unpaired) electrons. The number of fused-ring (bicyclic) bond motifs is 1. The van der Waals surface area contributed by atoms with Crippen molar-refractivity contribution in [1.82, 2.24) is 10.3 Å². The number of anilines is 1. The number of aryl methyl sites for hydroxylation is 1. The molecule has 154 valence electrons. The number of hydrogen-bond acceptors (Lipinski definition) is 5. The molecule has 1 aliphatic heterocycles. The summed E-state index contributed by atoms with van der Waals surface area (Å²) >= 11 is 0. The molecule has 2 heterocycles. The van der Waals surface area contributed by atoms with Gasteiger partial charge < -0.3 is 19.9 Å². The molecule has 1 aromatic heterocycles. The summed E-state index contributed by atoms with van der Waals surface area (Å²) in [5.41, 5.74) is 3.13. The standard InChI is InChI=1S/C22H27N3O4/c1-5-10-23-22(28)19-12-25(16-8-6-7-9-18(16)29-19)11-17(27)21-13(2)20(15(4)26)14(3)24-21/h6-9,19,24H,5,10-12H2,1-4H3,(H,23,28)/t19-/m0/s1. The lowest BCUT2D eigenvalue weighted by atomic mass is 10.0. The van der Waals surface area contributed by atoms with Gasteiger partial charge in [-0.25, -0.2) is 0 Å². The van der Waals surface area contributed by atoms with Crippen LogP contribution >= 0.6 is 0 Å². The van der Waals surface area contributed by atoms with Crippen LogP contribution in [-0.4, -0.2) is 48.2 Å². The average molecular weight is 397 g/mol. The number of aromatic nitrogens is 1. The molecule has 1 aromatic carbocycles. The highest BCUT2D eigenvalue weighted by molar-refractivity contribution is 6.05. The number of carbonyl (C=O) groups excluding carboxylic acids is 3. The van der Waals surface area contributed by atoms with Crippen molar-refractivity contribution in [2.75, 3.05) is 24.5 Å². The Morgan fingerprint density at radius 2 is 1.97 bits per heavy atom. The fourth-order valence-electron chi connectivity index (χ4n) is 3.76. The quantitative estimate of drug-likeness (QED) is 0.701. The van der Waals surface area contributed by atoms with Crippen LogP contribution in [0.2, 0.25) is 0 Å². The maximum absolute atomic E-state index is 13.1. The number of H-pyrrole nitrogens is 1. The minimum atomic E-state index is -0.691. The number of aromatic amines is 1. The van der Waals surface area contributed by atoms with Crippen molar-refractivity contribution in [3.05, 3.63) is 46.8 Å². The topological polar surface area (TPSA) is 91.5 Å². The summed E-state index contributed by atoms with van der Waals surface area (Å²) in [6.45, 7) is 7.98. The van der Waals surface area contributed by atoms with Gasteiger partial charge >= 0.3 is 0 Å². The number of rotatable bonds is 7. The van der Waals surface area contributed by atoms with Crippen molar-refractivity contribution in [2.24, 2.45) is 0 Å². The number of Topliss-reactive ketones (excluding diaryl/α,β-unsaturated/α-hetero) is 2. The van der Waals surface area contributed by atoms with Gasteiger partial charge in [0, 0.05) is 17.8 Å². The zero-order valence-corrected chi connectivity index (χ0v) is 17.3. The molecule has 1 atom stereocenters. The third kappa shape index (κ3) is 4.18. The minimum Gasteiger partial charge on any atom is -0.477 e. The Labute approximate surface area is 170 Å². The number of amides is 1. The number of hydrogen-bond donors (Lipinski definition) is 2. The summed E-state index contributed by atoms with van der Waals surface area (Å²) in [7, 11) is 0. The molecule has 29 heavy (non-hydrogen) atoms. The van der Waals surface area contributed by atoms with Crippen molar-refractivity contribution < 1.29 is 19.1 Å². The Morgan fingerprint density at radius 1 is 1.24 bits per heavy atom. The van der Waals surface area contributed by atoms with Crippen LogP contribution in [0.25, 0.3) is 0 Å². The van der Waals surface area contributed by atoms with E-state index in [0.29, 0.717) is 34.8 Å². The van der Waals surface area contributed by atoms with E-state index in [4.69, 9.17) is 4.74 Å². The van der Waals surface area contributed by atoms with E-state index in [1.807, 2.05) is 30.0 Å². The van der Waals surface area contributed by atoms with Crippen LogP contribution in [0.15, 0.2) is 24.3 Å². The molecule has 0 aliphatic carbocycles. The van der Waals surface area contributed by atoms with Crippen LogP contribution in [-0.2, 0) is 4.79 Å². The van der Waals surface area contributed by atoms with Gasteiger partial charge in [-0.3, -0.25) is 14.4 Å². The van der Waals surface area contributed by atoms with Gasteiger partial charge in [-0.15, -0.1) is 0 Å². The maximum atomic E-state index is 13.1. The Bertz CT molecular complexity index is 948. The van der Waals surface area contributed by atoms with Crippen molar-refractivity contribution >= 4 is 23.2 Å². The first-order valence-corrected chi connectivity index (χ1v) is 9.85. The molecule has 1 amide bonds. The van der Waals surface area contributed by atoms with E-state index >= 15 is 0 Å². The molecular formula is C22H27N3O4. The van der Waals surface area contributed by atoms with Crippen molar-refractivity contribution in [1.29, 1.82) is 0 Å². The van der Waals surface area contributed by atoms with Gasteiger partial charge in [-0.2, -0.15) is 0 Å². The highest BCUT2D eigenvalue weighted by Crippen LogP contribution is 2.33. The average Bonchev–Trinajstić information content (AvgIpc) is 3.00. The van der Waals surface area contributed by atoms with Gasteiger partial charge in [0.25, 0.3) is 5.91 Å². The van der Waals surface area contributed by atoms with Gasteiger partial charge in [0.05, 0.1) is 24.5 Å². The van der Waals surface area contributed by atoms with Gasteiger partial charge in [0.1, 0.15) is 5.75 Å². The Hall–Kier alpha value is -3.09. The highest BCUT2D eigenvalue weighted by atomic mass is 16.5. The lowest BCUT2D eigenvalue weighted by molar-refractivity contribution is -0.127. The molecule has 0 fully saturated rings. The number of nitrogens with one attached hydrogen (secondary N) is 2. The van der Waals surface area contributed by atoms with Gasteiger partial charge in [-0.1, -0.05) is 19.1 Å². The van der Waals surface area contributed by atoms with Gasteiger partial charge in [0.2, 0.25) is 0 Å². The summed E-state index contributed by atoms with van der Waals surface area (Å²) in [5, 5.41) is 2.85. The summed E-state index contributed by atoms with van der Waals surface area (Å²) < 4.78 is 5.87. The van der Waals surface area contributed by atoms with Crippen molar-refractivity contribution in [3.63, 3.8) is 0 Å². The van der Waals surface area contributed by atoms with E-state index in [2.05, 4.69) is 10.3 Å². The molecule has 7 nitrogen and oxygen atoms in total. The normalized spacial score (nSPS) is 15.4. The van der Waals surface area contributed by atoms with Crippen LogP contribution in [0.5, 0.6) is 5.75 Å². The number of ether oxygens (including phenoxy) is 1. The second-order valence-electron chi connectivity index (χ2n) is 7.35. The summed E-state index contributed by atoms with van der Waals surface area (Å²) in [4.78, 5) is 42.3. The lowest BCUT2D eigenvalue weighted by Crippen LogP contribution is -2.50. The number of nitrogens with zero attached hydrogens (tertiary/aromatic N) is 1. The summed E-state index contributed by atoms with van der Waals surface area (Å²) in [5.74, 6) is 0.179. The monoisotopic (exact) mass is 397 g/mol. The number of carbonyl (C=O) groups is 3. The second kappa shape index (κ2) is 8.51. The first-order valence-electron chi connectivity index (χ1n) is 9.85. The molecule has 0 bridgehead atoms. The van der Waals surface area contributed by atoms with E-state index < -0.39 is 6.10 Å². The third-order valence-electron chi connectivity index (χ3n) is 5.11. The fourth-order valence-corrected chi connectivity index (χ4v) is 3.76. The van der Waals surface area contributed by atoms with Crippen LogP contribution in [0.4, 0.5) is 5.69 Å². The van der Waals surface area contributed by atoms with Crippen LogP contribution in [0.3, 0.4) is 0 Å².